The maximum atomic E-state index is 5.26. The van der Waals surface area contributed by atoms with Crippen LogP contribution in [0.5, 0.6) is 5.75 Å². The molecule has 1 fully saturated rings. The van der Waals surface area contributed by atoms with Crippen molar-refractivity contribution in [3.63, 3.8) is 0 Å². The molecule has 0 amide bonds. The Morgan fingerprint density at radius 1 is 1.32 bits per heavy atom. The quantitative estimate of drug-likeness (QED) is 0.843. The van der Waals surface area contributed by atoms with Gasteiger partial charge in [-0.05, 0) is 29.9 Å². The average Bonchev–Trinajstić information content (AvgIpc) is 2.47. The maximum absolute atomic E-state index is 5.26. The van der Waals surface area contributed by atoms with Crippen LogP contribution in [0.3, 0.4) is 0 Å². The Balaban J connectivity index is 1.86. The number of hydrogen-bond donors (Lipinski definition) is 1. The number of ether oxygens (including phenoxy) is 1. The van der Waals surface area contributed by atoms with Crippen LogP contribution in [-0.4, -0.2) is 55.2 Å². The monoisotopic (exact) mass is 279 g/mol. The molecule has 1 aromatic rings. The largest absolute Gasteiger partial charge is 0.497 e. The van der Waals surface area contributed by atoms with Crippen molar-refractivity contribution in [2.75, 3.05) is 40.3 Å². The van der Waals surface area contributed by atoms with Gasteiger partial charge in [-0.3, -0.25) is 4.90 Å². The molecule has 0 atom stereocenters. The number of rotatable bonds is 3. The predicted molar refractivity (Wildman–Crippen MR) is 81.5 cm³/mol. The maximum Gasteiger partial charge on any atom is 0.168 e. The summed E-state index contributed by atoms with van der Waals surface area (Å²) < 4.78 is 5.25. The van der Waals surface area contributed by atoms with Crippen LogP contribution in [0.1, 0.15) is 5.56 Å². The van der Waals surface area contributed by atoms with E-state index in [1.807, 2.05) is 19.2 Å². The van der Waals surface area contributed by atoms with Gasteiger partial charge in [-0.2, -0.15) is 0 Å². The second-order valence-corrected chi connectivity index (χ2v) is 5.06. The lowest BCUT2D eigenvalue weighted by atomic mass is 10.2. The Morgan fingerprint density at radius 3 is 2.68 bits per heavy atom. The van der Waals surface area contributed by atoms with Crippen LogP contribution in [0.25, 0.3) is 0 Å². The second kappa shape index (κ2) is 6.73. The standard InChI is InChI=1S/C14H21N3OS/c1-15-14(19)17-8-6-16(7-9-17)11-12-4-3-5-13(10-12)18-2/h3-5,10H,6-9,11H2,1-2H3,(H,15,19). The van der Waals surface area contributed by atoms with Crippen LogP contribution in [0, 0.1) is 0 Å². The lowest BCUT2D eigenvalue weighted by Crippen LogP contribution is -2.50. The third-order valence-corrected chi connectivity index (χ3v) is 3.88. The fourth-order valence-electron chi connectivity index (χ4n) is 2.30. The van der Waals surface area contributed by atoms with Crippen LogP contribution in [0.15, 0.2) is 24.3 Å². The van der Waals surface area contributed by atoms with Crippen molar-refractivity contribution in [1.82, 2.24) is 15.1 Å². The molecule has 104 valence electrons. The molecule has 4 nitrogen and oxygen atoms in total. The summed E-state index contributed by atoms with van der Waals surface area (Å²) in [6.07, 6.45) is 0. The van der Waals surface area contributed by atoms with Gasteiger partial charge < -0.3 is 15.0 Å². The highest BCUT2D eigenvalue weighted by Crippen LogP contribution is 2.15. The predicted octanol–water partition coefficient (Wildman–Crippen LogP) is 1.32. The highest BCUT2D eigenvalue weighted by Gasteiger charge is 2.18. The molecule has 5 heteroatoms. The number of methoxy groups -OCH3 is 1. The lowest BCUT2D eigenvalue weighted by molar-refractivity contribution is 0.175. The van der Waals surface area contributed by atoms with Crippen molar-refractivity contribution in [2.45, 2.75) is 6.54 Å². The van der Waals surface area contributed by atoms with Crippen LogP contribution < -0.4 is 10.1 Å². The first-order valence-corrected chi connectivity index (χ1v) is 6.95. The van der Waals surface area contributed by atoms with Crippen LogP contribution in [0.4, 0.5) is 0 Å². The van der Waals surface area contributed by atoms with E-state index in [4.69, 9.17) is 17.0 Å². The Hall–Kier alpha value is -1.33. The highest BCUT2D eigenvalue weighted by atomic mass is 32.1. The average molecular weight is 279 g/mol. The van der Waals surface area contributed by atoms with Crippen molar-refractivity contribution in [3.05, 3.63) is 29.8 Å². The number of hydrogen-bond acceptors (Lipinski definition) is 3. The van der Waals surface area contributed by atoms with E-state index < -0.39 is 0 Å². The van der Waals surface area contributed by atoms with Crippen LogP contribution in [0.2, 0.25) is 0 Å². The molecule has 1 aromatic carbocycles. The Bertz CT molecular complexity index is 430. The van der Waals surface area contributed by atoms with Gasteiger partial charge in [0, 0.05) is 39.8 Å². The molecule has 1 N–H and O–H groups in total. The summed E-state index contributed by atoms with van der Waals surface area (Å²) in [6.45, 7) is 5.03. The van der Waals surface area contributed by atoms with E-state index in [9.17, 15) is 0 Å². The Kier molecular flexibility index (Phi) is 4.99. The molecule has 0 radical (unpaired) electrons. The summed E-state index contributed by atoms with van der Waals surface area (Å²) >= 11 is 5.26. The lowest BCUT2D eigenvalue weighted by Gasteiger charge is -2.35. The van der Waals surface area contributed by atoms with E-state index in [0.717, 1.165) is 43.6 Å². The molecule has 19 heavy (non-hydrogen) atoms. The molecule has 0 unspecified atom stereocenters. The molecule has 0 aromatic heterocycles. The number of benzene rings is 1. The normalized spacial score (nSPS) is 16.2. The van der Waals surface area contributed by atoms with E-state index in [-0.39, 0.29) is 0 Å². The van der Waals surface area contributed by atoms with Gasteiger partial charge in [0.15, 0.2) is 5.11 Å². The number of nitrogens with one attached hydrogen (secondary N) is 1. The van der Waals surface area contributed by atoms with Crippen molar-refractivity contribution in [2.24, 2.45) is 0 Å². The summed E-state index contributed by atoms with van der Waals surface area (Å²) in [5.41, 5.74) is 1.30. The first-order valence-electron chi connectivity index (χ1n) is 6.55. The Labute approximate surface area is 120 Å². The van der Waals surface area contributed by atoms with Gasteiger partial charge in [0.05, 0.1) is 7.11 Å². The van der Waals surface area contributed by atoms with E-state index >= 15 is 0 Å². The van der Waals surface area contributed by atoms with E-state index in [2.05, 4.69) is 27.2 Å². The molecule has 1 saturated heterocycles. The molecule has 1 aliphatic rings. The zero-order chi connectivity index (χ0) is 13.7. The topological polar surface area (TPSA) is 27.7 Å². The van der Waals surface area contributed by atoms with Gasteiger partial charge in [-0.25, -0.2) is 0 Å². The summed E-state index contributed by atoms with van der Waals surface area (Å²) in [7, 11) is 3.58. The molecule has 1 aliphatic heterocycles. The molecule has 0 bridgehead atoms. The number of nitrogens with zero attached hydrogens (tertiary/aromatic N) is 2. The van der Waals surface area contributed by atoms with Crippen molar-refractivity contribution in [3.8, 4) is 5.75 Å². The summed E-state index contributed by atoms with van der Waals surface area (Å²) in [4.78, 5) is 4.67. The van der Waals surface area contributed by atoms with Gasteiger partial charge >= 0.3 is 0 Å². The van der Waals surface area contributed by atoms with Crippen molar-refractivity contribution < 1.29 is 4.74 Å². The van der Waals surface area contributed by atoms with E-state index in [0.29, 0.717) is 0 Å². The molecule has 0 aliphatic carbocycles. The van der Waals surface area contributed by atoms with E-state index in [1.54, 1.807) is 7.11 Å². The zero-order valence-corrected chi connectivity index (χ0v) is 12.4. The Morgan fingerprint density at radius 2 is 2.05 bits per heavy atom. The molecule has 0 saturated carbocycles. The van der Waals surface area contributed by atoms with Crippen molar-refractivity contribution in [1.29, 1.82) is 0 Å². The molecule has 2 rings (SSSR count). The van der Waals surface area contributed by atoms with Gasteiger partial charge in [0.2, 0.25) is 0 Å². The third-order valence-electron chi connectivity index (χ3n) is 3.41. The summed E-state index contributed by atoms with van der Waals surface area (Å²) in [5, 5.41) is 3.88. The fourth-order valence-corrected chi connectivity index (χ4v) is 2.48. The molecular weight excluding hydrogens is 258 g/mol. The first-order chi connectivity index (χ1) is 9.22. The fraction of sp³-hybridized carbons (Fsp3) is 0.500. The van der Waals surface area contributed by atoms with Crippen LogP contribution in [-0.2, 0) is 6.54 Å². The second-order valence-electron chi connectivity index (χ2n) is 4.67. The summed E-state index contributed by atoms with van der Waals surface area (Å²) in [5.74, 6) is 0.924. The zero-order valence-electron chi connectivity index (χ0n) is 11.6. The van der Waals surface area contributed by atoms with E-state index in [1.165, 1.54) is 5.56 Å². The smallest absolute Gasteiger partial charge is 0.168 e. The van der Waals surface area contributed by atoms with Crippen molar-refractivity contribution >= 4 is 17.3 Å². The number of piperazine rings is 1. The highest BCUT2D eigenvalue weighted by molar-refractivity contribution is 7.80. The van der Waals surface area contributed by atoms with Gasteiger partial charge in [-0.1, -0.05) is 12.1 Å². The minimum atomic E-state index is 0.848. The number of thiocarbonyl (C=S) groups is 1. The third kappa shape index (κ3) is 3.81. The minimum Gasteiger partial charge on any atom is -0.497 e. The van der Waals surface area contributed by atoms with Gasteiger partial charge in [0.25, 0.3) is 0 Å². The van der Waals surface area contributed by atoms with Gasteiger partial charge in [0.1, 0.15) is 5.75 Å². The SMILES string of the molecule is CNC(=S)N1CCN(Cc2cccc(OC)c2)CC1. The van der Waals surface area contributed by atoms with Gasteiger partial charge in [-0.15, -0.1) is 0 Å². The molecule has 0 spiro atoms. The first kappa shape index (κ1) is 14.1. The molecular formula is C14H21N3OS. The molecule has 1 heterocycles. The minimum absolute atomic E-state index is 0.848. The van der Waals surface area contributed by atoms with Crippen LogP contribution >= 0.6 is 12.2 Å². The summed E-state index contributed by atoms with van der Waals surface area (Å²) in [6, 6.07) is 8.27.